The lowest BCUT2D eigenvalue weighted by atomic mass is 10.2. The predicted octanol–water partition coefficient (Wildman–Crippen LogP) is 5.10. The fourth-order valence-electron chi connectivity index (χ4n) is 3.19. The molecule has 0 radical (unpaired) electrons. The lowest BCUT2D eigenvalue weighted by Gasteiger charge is -2.30. The van der Waals surface area contributed by atoms with Gasteiger partial charge in [-0.15, -0.1) is 0 Å². The molecule has 2 rings (SSSR count). The summed E-state index contributed by atoms with van der Waals surface area (Å²) >= 11 is 3.30. The van der Waals surface area contributed by atoms with Gasteiger partial charge in [-0.05, 0) is 18.1 Å². The first-order valence-corrected chi connectivity index (χ1v) is 14.7. The summed E-state index contributed by atoms with van der Waals surface area (Å²) in [5, 5.41) is -0.907. The normalized spacial score (nSPS) is 14.4. The van der Waals surface area contributed by atoms with Crippen molar-refractivity contribution < 1.29 is 51.5 Å². The van der Waals surface area contributed by atoms with Gasteiger partial charge in [-0.25, -0.2) is 4.57 Å². The van der Waals surface area contributed by atoms with E-state index in [1.807, 2.05) is 12.1 Å². The van der Waals surface area contributed by atoms with Crippen molar-refractivity contribution >= 4 is 41.7 Å². The predicted molar refractivity (Wildman–Crippen MR) is 147 cm³/mol. The van der Waals surface area contributed by atoms with Crippen molar-refractivity contribution in [3.8, 4) is 0 Å². The number of carbonyl (C=O) groups excluding carboxylic acids is 3. The lowest BCUT2D eigenvalue weighted by molar-refractivity contribution is -0.175. The molecule has 11 nitrogen and oxygen atoms in total. The molecule has 0 aliphatic heterocycles. The number of esters is 3. The van der Waals surface area contributed by atoms with Gasteiger partial charge in [0, 0.05) is 20.8 Å². The van der Waals surface area contributed by atoms with Crippen LogP contribution < -0.4 is 0 Å². The number of alkyl halides is 1. The van der Waals surface area contributed by atoms with Crippen LogP contribution in [0.25, 0.3) is 0 Å². The fraction of sp³-hybridized carbons (Fsp3) is 0.444. The highest BCUT2D eigenvalue weighted by Gasteiger charge is 2.36. The Bertz CT molecular complexity index is 1070. The maximum Gasteiger partial charge on any atom is 0.475 e. The standard InChI is InChI=1S/C27H34BrO11P/c1-19(37-21(3)30)27(28)39-26(25(38-22(4)31)17-33-20(2)29)18-36-40(32,34-15-23-11-7-5-8-12-23)35-16-24-13-9-6-10-14-24/h5-14,19,25-27H,15-18H2,1-4H3/t19-,25+,26?,27+/m1/s1. The van der Waals surface area contributed by atoms with Crippen LogP contribution in [0.1, 0.15) is 38.8 Å². The monoisotopic (exact) mass is 644 g/mol. The van der Waals surface area contributed by atoms with Crippen LogP contribution in [0.4, 0.5) is 0 Å². The van der Waals surface area contributed by atoms with E-state index in [9.17, 15) is 18.9 Å². The van der Waals surface area contributed by atoms with Crippen LogP contribution >= 0.6 is 23.8 Å². The first kappa shape index (κ1) is 33.6. The van der Waals surface area contributed by atoms with Crippen molar-refractivity contribution in [2.45, 2.75) is 64.2 Å². The Labute approximate surface area is 242 Å². The van der Waals surface area contributed by atoms with Crippen LogP contribution in [-0.2, 0) is 64.7 Å². The molecule has 0 spiro atoms. The fourth-order valence-corrected chi connectivity index (χ4v) is 4.74. The molecule has 2 aromatic carbocycles. The van der Waals surface area contributed by atoms with Crippen molar-refractivity contribution in [1.82, 2.24) is 0 Å². The second-order valence-electron chi connectivity index (χ2n) is 8.55. The summed E-state index contributed by atoms with van der Waals surface area (Å²) in [5.74, 6) is -1.85. The molecule has 0 bridgehead atoms. The molecule has 0 N–H and O–H groups in total. The quantitative estimate of drug-likeness (QED) is 0.0986. The number of ether oxygens (including phenoxy) is 4. The van der Waals surface area contributed by atoms with E-state index in [4.69, 9.17) is 32.5 Å². The molecule has 0 amide bonds. The van der Waals surface area contributed by atoms with Crippen LogP contribution in [0.5, 0.6) is 0 Å². The summed E-state index contributed by atoms with van der Waals surface area (Å²) in [7, 11) is -4.23. The van der Waals surface area contributed by atoms with Gasteiger partial charge in [0.1, 0.15) is 23.8 Å². The van der Waals surface area contributed by atoms with E-state index in [2.05, 4.69) is 15.9 Å². The number of rotatable bonds is 17. The Morgan fingerprint density at radius 1 is 0.725 bits per heavy atom. The SMILES string of the molecule is CC(=O)OC[C@H](OC(C)=O)C(COP(=O)(OCc1ccccc1)OCc1ccccc1)O[C@H](Br)[C@@H](C)OC(C)=O. The molecule has 0 aliphatic rings. The zero-order valence-corrected chi connectivity index (χ0v) is 25.2. The molecule has 13 heteroatoms. The molecule has 4 atom stereocenters. The van der Waals surface area contributed by atoms with Gasteiger partial charge in [0.15, 0.2) is 6.10 Å². The first-order chi connectivity index (χ1) is 19.0. The number of carbonyl (C=O) groups is 3. The maximum atomic E-state index is 13.7. The smallest absolute Gasteiger partial charge is 0.462 e. The molecule has 0 heterocycles. The van der Waals surface area contributed by atoms with Gasteiger partial charge < -0.3 is 18.9 Å². The second-order valence-corrected chi connectivity index (χ2v) is 11.1. The summed E-state index contributed by atoms with van der Waals surface area (Å²) in [4.78, 5) is 34.7. The molecule has 0 saturated carbocycles. The van der Waals surface area contributed by atoms with Gasteiger partial charge in [0.05, 0.1) is 19.8 Å². The number of halogens is 1. The molecular weight excluding hydrogens is 611 g/mol. The zero-order chi connectivity index (χ0) is 29.5. The van der Waals surface area contributed by atoms with Crippen molar-refractivity contribution in [2.24, 2.45) is 0 Å². The summed E-state index contributed by atoms with van der Waals surface area (Å²) in [6.07, 6.45) is -3.12. The highest BCUT2D eigenvalue weighted by atomic mass is 79.9. The molecule has 0 saturated heterocycles. The Balaban J connectivity index is 2.27. The Kier molecular flexibility index (Phi) is 14.5. The average Bonchev–Trinajstić information content (AvgIpc) is 2.91. The number of benzene rings is 2. The molecule has 0 fully saturated rings. The third-order valence-electron chi connectivity index (χ3n) is 5.07. The van der Waals surface area contributed by atoms with Gasteiger partial charge in [-0.3, -0.25) is 28.0 Å². The van der Waals surface area contributed by atoms with Gasteiger partial charge in [0.25, 0.3) is 0 Å². The van der Waals surface area contributed by atoms with Gasteiger partial charge in [0.2, 0.25) is 0 Å². The Hall–Kier alpha value is -2.60. The van der Waals surface area contributed by atoms with Gasteiger partial charge in [-0.1, -0.05) is 76.6 Å². The molecular formula is C27H34BrO11P. The van der Waals surface area contributed by atoms with E-state index in [0.717, 1.165) is 11.1 Å². The highest BCUT2D eigenvalue weighted by molar-refractivity contribution is 9.09. The molecule has 2 aromatic rings. The van der Waals surface area contributed by atoms with Gasteiger partial charge >= 0.3 is 25.7 Å². The van der Waals surface area contributed by atoms with Crippen LogP contribution in [0.3, 0.4) is 0 Å². The van der Waals surface area contributed by atoms with E-state index < -0.39 is 55.7 Å². The van der Waals surface area contributed by atoms with Crippen LogP contribution in [-0.4, -0.2) is 54.4 Å². The number of phosphoric ester groups is 1. The number of hydrogen-bond acceptors (Lipinski definition) is 11. The minimum absolute atomic E-state index is 0.0796. The van der Waals surface area contributed by atoms with Crippen molar-refractivity contribution in [2.75, 3.05) is 13.2 Å². The molecule has 1 unspecified atom stereocenters. The first-order valence-electron chi connectivity index (χ1n) is 12.4. The zero-order valence-electron chi connectivity index (χ0n) is 22.7. The van der Waals surface area contributed by atoms with Crippen LogP contribution in [0, 0.1) is 0 Å². The largest absolute Gasteiger partial charge is 0.475 e. The molecule has 0 aliphatic carbocycles. The maximum absolute atomic E-state index is 13.7. The van der Waals surface area contributed by atoms with E-state index in [1.54, 1.807) is 55.5 Å². The summed E-state index contributed by atoms with van der Waals surface area (Å²) in [5.41, 5.74) is 1.46. The van der Waals surface area contributed by atoms with Crippen LogP contribution in [0.15, 0.2) is 60.7 Å². The highest BCUT2D eigenvalue weighted by Crippen LogP contribution is 2.51. The minimum atomic E-state index is -4.23. The van der Waals surface area contributed by atoms with E-state index in [1.165, 1.54) is 20.8 Å². The van der Waals surface area contributed by atoms with E-state index in [-0.39, 0.29) is 19.8 Å². The van der Waals surface area contributed by atoms with E-state index >= 15 is 0 Å². The topological polar surface area (TPSA) is 133 Å². The molecule has 220 valence electrons. The molecule has 40 heavy (non-hydrogen) atoms. The summed E-state index contributed by atoms with van der Waals surface area (Å²) in [6.45, 7) is 4.15. The van der Waals surface area contributed by atoms with Crippen LogP contribution in [0.2, 0.25) is 0 Å². The lowest BCUT2D eigenvalue weighted by Crippen LogP contribution is -2.43. The number of phosphoric acid groups is 1. The Morgan fingerprint density at radius 2 is 1.23 bits per heavy atom. The van der Waals surface area contributed by atoms with Crippen molar-refractivity contribution in [3.63, 3.8) is 0 Å². The molecule has 0 aromatic heterocycles. The van der Waals surface area contributed by atoms with Crippen molar-refractivity contribution in [3.05, 3.63) is 71.8 Å². The third-order valence-corrected chi connectivity index (χ3v) is 7.39. The van der Waals surface area contributed by atoms with Gasteiger partial charge in [-0.2, -0.15) is 0 Å². The average molecular weight is 645 g/mol. The third kappa shape index (κ3) is 13.2. The number of hydrogen-bond donors (Lipinski definition) is 0. The summed E-state index contributed by atoms with van der Waals surface area (Å²) in [6, 6.07) is 18.0. The van der Waals surface area contributed by atoms with E-state index in [0.29, 0.717) is 0 Å². The second kappa shape index (κ2) is 17.3. The summed E-state index contributed by atoms with van der Waals surface area (Å²) < 4.78 is 52.2. The Morgan fingerprint density at radius 3 is 1.68 bits per heavy atom. The minimum Gasteiger partial charge on any atom is -0.462 e. The van der Waals surface area contributed by atoms with Crippen molar-refractivity contribution in [1.29, 1.82) is 0 Å².